The fourth-order valence-electron chi connectivity index (χ4n) is 1.25. The number of rotatable bonds is 7. The Morgan fingerprint density at radius 1 is 0.812 bits per heavy atom. The lowest BCUT2D eigenvalue weighted by Crippen LogP contribution is -2.03. The molecule has 0 bridgehead atoms. The highest BCUT2D eigenvalue weighted by Crippen LogP contribution is 2.08. The van der Waals surface area contributed by atoms with Gasteiger partial charge in [0.05, 0.1) is 26.4 Å². The summed E-state index contributed by atoms with van der Waals surface area (Å²) in [5.74, 6) is 0. The van der Waals surface area contributed by atoms with Gasteiger partial charge in [-0.25, -0.2) is 0 Å². The molecule has 0 aliphatic heterocycles. The van der Waals surface area contributed by atoms with Gasteiger partial charge in [-0.3, -0.25) is 0 Å². The minimum absolute atomic E-state index is 0.653. The molecule has 0 unspecified atom stereocenters. The summed E-state index contributed by atoms with van der Waals surface area (Å²) in [7, 11) is 0. The summed E-state index contributed by atoms with van der Waals surface area (Å²) in [5, 5.41) is 8.33. The molecule has 0 atom stereocenters. The van der Waals surface area contributed by atoms with Crippen molar-refractivity contribution in [2.24, 2.45) is 0 Å². The second kappa shape index (κ2) is 6.81. The van der Waals surface area contributed by atoms with E-state index in [1.807, 2.05) is 0 Å². The predicted molar refractivity (Wildman–Crippen MR) is 68.0 cm³/mol. The third-order valence-electron chi connectivity index (χ3n) is 2.07. The third-order valence-corrected chi connectivity index (χ3v) is 3.53. The van der Waals surface area contributed by atoms with Gasteiger partial charge in [-0.1, -0.05) is 0 Å². The van der Waals surface area contributed by atoms with Gasteiger partial charge in [-0.05, 0) is 44.8 Å². The summed E-state index contributed by atoms with van der Waals surface area (Å²) in [6.45, 7) is 2.68. The SMILES string of the molecule is c1cc(COCCOCc2ccsc2)cs1. The van der Waals surface area contributed by atoms with Crippen LogP contribution < -0.4 is 0 Å². The van der Waals surface area contributed by atoms with E-state index in [9.17, 15) is 0 Å². The molecule has 2 heterocycles. The van der Waals surface area contributed by atoms with Crippen LogP contribution in [-0.2, 0) is 22.7 Å². The van der Waals surface area contributed by atoms with Crippen LogP contribution in [0.15, 0.2) is 33.7 Å². The van der Waals surface area contributed by atoms with E-state index in [2.05, 4.69) is 33.7 Å². The second-order valence-corrected chi connectivity index (χ2v) is 4.93. The van der Waals surface area contributed by atoms with Crippen molar-refractivity contribution in [1.29, 1.82) is 0 Å². The van der Waals surface area contributed by atoms with E-state index in [4.69, 9.17) is 9.47 Å². The van der Waals surface area contributed by atoms with E-state index < -0.39 is 0 Å². The topological polar surface area (TPSA) is 18.5 Å². The van der Waals surface area contributed by atoms with Crippen LogP contribution in [0.2, 0.25) is 0 Å². The number of hydrogen-bond donors (Lipinski definition) is 0. The van der Waals surface area contributed by atoms with Gasteiger partial charge in [0, 0.05) is 0 Å². The molecule has 2 aromatic rings. The summed E-state index contributed by atoms with van der Waals surface area (Å²) in [6.07, 6.45) is 0. The summed E-state index contributed by atoms with van der Waals surface area (Å²) >= 11 is 3.39. The average molecular weight is 254 g/mol. The molecule has 0 saturated carbocycles. The highest BCUT2D eigenvalue weighted by molar-refractivity contribution is 7.08. The highest BCUT2D eigenvalue weighted by Gasteiger charge is 1.95. The van der Waals surface area contributed by atoms with Crippen LogP contribution in [0.1, 0.15) is 11.1 Å². The fraction of sp³-hybridized carbons (Fsp3) is 0.333. The molecule has 0 N–H and O–H groups in total. The van der Waals surface area contributed by atoms with Gasteiger partial charge < -0.3 is 9.47 Å². The molecule has 0 aliphatic rings. The van der Waals surface area contributed by atoms with Gasteiger partial charge in [0.2, 0.25) is 0 Å². The molecule has 0 fully saturated rings. The number of hydrogen-bond acceptors (Lipinski definition) is 4. The monoisotopic (exact) mass is 254 g/mol. The molecule has 0 aromatic carbocycles. The van der Waals surface area contributed by atoms with E-state index in [0.29, 0.717) is 26.4 Å². The molecular formula is C12H14O2S2. The van der Waals surface area contributed by atoms with Crippen molar-refractivity contribution in [3.63, 3.8) is 0 Å². The van der Waals surface area contributed by atoms with Gasteiger partial charge >= 0.3 is 0 Å². The normalized spacial score (nSPS) is 10.8. The van der Waals surface area contributed by atoms with E-state index in [0.717, 1.165) is 0 Å². The largest absolute Gasteiger partial charge is 0.374 e. The molecule has 0 radical (unpaired) electrons. The quantitative estimate of drug-likeness (QED) is 0.704. The first-order valence-electron chi connectivity index (χ1n) is 5.13. The molecular weight excluding hydrogens is 240 g/mol. The van der Waals surface area contributed by atoms with Crippen molar-refractivity contribution in [2.75, 3.05) is 13.2 Å². The van der Waals surface area contributed by atoms with E-state index >= 15 is 0 Å². The smallest absolute Gasteiger partial charge is 0.0726 e. The van der Waals surface area contributed by atoms with Crippen LogP contribution in [0, 0.1) is 0 Å². The first-order valence-corrected chi connectivity index (χ1v) is 7.01. The minimum atomic E-state index is 0.653. The Morgan fingerprint density at radius 2 is 1.31 bits per heavy atom. The molecule has 0 spiro atoms. The van der Waals surface area contributed by atoms with Gasteiger partial charge in [-0.2, -0.15) is 22.7 Å². The van der Waals surface area contributed by atoms with Gasteiger partial charge in [0.25, 0.3) is 0 Å². The van der Waals surface area contributed by atoms with Crippen molar-refractivity contribution < 1.29 is 9.47 Å². The van der Waals surface area contributed by atoms with Crippen molar-refractivity contribution in [3.05, 3.63) is 44.8 Å². The van der Waals surface area contributed by atoms with Crippen LogP contribution in [0.3, 0.4) is 0 Å². The molecule has 0 aliphatic carbocycles. The number of ether oxygens (including phenoxy) is 2. The Morgan fingerprint density at radius 3 is 1.69 bits per heavy atom. The Bertz CT molecular complexity index is 329. The summed E-state index contributed by atoms with van der Waals surface area (Å²) in [4.78, 5) is 0. The maximum absolute atomic E-state index is 5.48. The van der Waals surface area contributed by atoms with Crippen molar-refractivity contribution in [1.82, 2.24) is 0 Å². The van der Waals surface area contributed by atoms with Gasteiger partial charge in [0.1, 0.15) is 0 Å². The van der Waals surface area contributed by atoms with Crippen molar-refractivity contribution in [3.8, 4) is 0 Å². The lowest BCUT2D eigenvalue weighted by molar-refractivity contribution is 0.0341. The summed E-state index contributed by atoms with van der Waals surface area (Å²) in [5.41, 5.74) is 2.48. The Hall–Kier alpha value is -0.680. The van der Waals surface area contributed by atoms with Gasteiger partial charge in [-0.15, -0.1) is 0 Å². The molecule has 4 heteroatoms. The predicted octanol–water partition coefficient (Wildman–Crippen LogP) is 3.54. The van der Waals surface area contributed by atoms with Gasteiger partial charge in [0.15, 0.2) is 0 Å². The maximum Gasteiger partial charge on any atom is 0.0726 e. The minimum Gasteiger partial charge on any atom is -0.374 e. The first-order chi connectivity index (χ1) is 7.95. The Balaban J connectivity index is 1.49. The molecule has 0 amide bonds. The summed E-state index contributed by atoms with van der Waals surface area (Å²) < 4.78 is 11.0. The van der Waals surface area contributed by atoms with E-state index in [-0.39, 0.29) is 0 Å². The lowest BCUT2D eigenvalue weighted by atomic mass is 10.4. The van der Waals surface area contributed by atoms with Crippen LogP contribution in [0.5, 0.6) is 0 Å². The van der Waals surface area contributed by atoms with Crippen LogP contribution in [0.25, 0.3) is 0 Å². The Labute approximate surface area is 103 Å². The van der Waals surface area contributed by atoms with Crippen molar-refractivity contribution in [2.45, 2.75) is 13.2 Å². The molecule has 2 nitrogen and oxygen atoms in total. The number of thiophene rings is 2. The maximum atomic E-state index is 5.48. The van der Waals surface area contributed by atoms with Crippen LogP contribution >= 0.6 is 22.7 Å². The molecule has 16 heavy (non-hydrogen) atoms. The van der Waals surface area contributed by atoms with Crippen molar-refractivity contribution >= 4 is 22.7 Å². The molecule has 0 saturated heterocycles. The highest BCUT2D eigenvalue weighted by atomic mass is 32.1. The lowest BCUT2D eigenvalue weighted by Gasteiger charge is -2.03. The third kappa shape index (κ3) is 4.06. The molecule has 2 aromatic heterocycles. The standard InChI is InChI=1S/C12H14O2S2/c1-5-15-9-11(1)7-13-3-4-14-8-12-2-6-16-10-12/h1-2,5-6,9-10H,3-4,7-8H2. The molecule has 86 valence electrons. The zero-order valence-corrected chi connectivity index (χ0v) is 10.6. The summed E-state index contributed by atoms with van der Waals surface area (Å²) in [6, 6.07) is 4.16. The zero-order valence-electron chi connectivity index (χ0n) is 8.93. The van der Waals surface area contributed by atoms with Crippen LogP contribution in [0.4, 0.5) is 0 Å². The molecule has 2 rings (SSSR count). The zero-order chi connectivity index (χ0) is 11.1. The average Bonchev–Trinajstić information content (AvgIpc) is 2.96. The van der Waals surface area contributed by atoms with E-state index in [1.165, 1.54) is 11.1 Å². The first kappa shape index (κ1) is 11.8. The van der Waals surface area contributed by atoms with E-state index in [1.54, 1.807) is 22.7 Å². The second-order valence-electron chi connectivity index (χ2n) is 3.37. The Kier molecular flexibility index (Phi) is 5.02. The fourth-order valence-corrected chi connectivity index (χ4v) is 2.55. The van der Waals surface area contributed by atoms with Crippen LogP contribution in [-0.4, -0.2) is 13.2 Å².